The van der Waals surface area contributed by atoms with Crippen molar-refractivity contribution in [3.63, 3.8) is 0 Å². The van der Waals surface area contributed by atoms with E-state index in [0.717, 1.165) is 34.9 Å². The van der Waals surface area contributed by atoms with Gasteiger partial charge in [-0.05, 0) is 73.8 Å². The molecule has 2 fully saturated rings. The Balaban J connectivity index is 1.20. The lowest BCUT2D eigenvalue weighted by Crippen LogP contribution is -2.29. The molecule has 2 aliphatic carbocycles. The molecular weight excluding hydrogens is 440 g/mol. The van der Waals surface area contributed by atoms with E-state index in [1.165, 1.54) is 31.2 Å². The van der Waals surface area contributed by atoms with Crippen LogP contribution in [0.25, 0.3) is 21.9 Å². The summed E-state index contributed by atoms with van der Waals surface area (Å²) in [6.45, 7) is 2.10. The first kappa shape index (κ1) is 22.2. The summed E-state index contributed by atoms with van der Waals surface area (Å²) in [6.07, 6.45) is 6.96. The van der Waals surface area contributed by atoms with Crippen molar-refractivity contribution in [2.24, 2.45) is 11.8 Å². The first-order valence-electron chi connectivity index (χ1n) is 12.6. The number of hydrogen-bond acceptors (Lipinski definition) is 7. The van der Waals surface area contributed by atoms with E-state index in [9.17, 15) is 10.2 Å². The predicted molar refractivity (Wildman–Crippen MR) is 137 cm³/mol. The summed E-state index contributed by atoms with van der Waals surface area (Å²) in [4.78, 5) is 13.3. The smallest absolute Gasteiger partial charge is 0.145 e. The zero-order valence-electron chi connectivity index (χ0n) is 19.9. The molecule has 8 heteroatoms. The highest BCUT2D eigenvalue weighted by Gasteiger charge is 2.47. The van der Waals surface area contributed by atoms with Crippen LogP contribution in [0.5, 0.6) is 0 Å². The molecule has 8 nitrogen and oxygen atoms in total. The summed E-state index contributed by atoms with van der Waals surface area (Å²) < 4.78 is 1.95. The largest absolute Gasteiger partial charge is 0.390 e. The average molecular weight is 473 g/mol. The second kappa shape index (κ2) is 8.77. The zero-order valence-corrected chi connectivity index (χ0v) is 19.9. The fourth-order valence-electron chi connectivity index (χ4n) is 5.91. The Kier molecular flexibility index (Phi) is 5.57. The molecule has 5 N–H and O–H groups in total. The van der Waals surface area contributed by atoms with Crippen LogP contribution in [0.15, 0.2) is 48.9 Å². The topological polar surface area (TPSA) is 122 Å². The average Bonchev–Trinajstić information content (AvgIpc) is 3.34. The van der Waals surface area contributed by atoms with Crippen LogP contribution >= 0.6 is 0 Å². The Hall–Kier alpha value is -3.23. The molecule has 0 amide bonds. The van der Waals surface area contributed by atoms with Crippen LogP contribution in [0.4, 0.5) is 11.6 Å². The van der Waals surface area contributed by atoms with Gasteiger partial charge in [0.2, 0.25) is 0 Å². The molecule has 0 bridgehead atoms. The number of aliphatic hydroxyl groups excluding tert-OH is 2. The second-order valence-electron chi connectivity index (χ2n) is 10.2. The van der Waals surface area contributed by atoms with E-state index in [1.54, 1.807) is 0 Å². The molecule has 0 saturated heterocycles. The normalized spacial score (nSPS) is 26.9. The standard InChI is InChI=1S/C27H32N6O2/c1-15-19(24(34)25(35)23(15)33-12-11-20-26(28)29-14-30-27(20)33)9-6-16-5-7-17-8-10-22(32-21(17)13-16)31-18-3-2-4-18/h5,7-8,10-15,18-19,23-25,34-35H,2-4,6,9H2,1H3,(H,31,32)(H2,28,29,30)/t15-,19?,23?,24+,25-/m0/s1. The van der Waals surface area contributed by atoms with Gasteiger partial charge < -0.3 is 25.8 Å². The molecule has 5 atom stereocenters. The Morgan fingerprint density at radius 3 is 2.71 bits per heavy atom. The lowest BCUT2D eigenvalue weighted by Gasteiger charge is -2.27. The molecule has 182 valence electrons. The number of nitrogen functional groups attached to an aromatic ring is 1. The van der Waals surface area contributed by atoms with Crippen molar-refractivity contribution in [2.75, 3.05) is 11.1 Å². The fourth-order valence-corrected chi connectivity index (χ4v) is 5.91. The van der Waals surface area contributed by atoms with Crippen LogP contribution in [0.3, 0.4) is 0 Å². The number of fused-ring (bicyclic) bond motifs is 2. The van der Waals surface area contributed by atoms with E-state index in [1.807, 2.05) is 16.8 Å². The summed E-state index contributed by atoms with van der Waals surface area (Å²) >= 11 is 0. The fraction of sp³-hybridized carbons (Fsp3) is 0.444. The van der Waals surface area contributed by atoms with Crippen molar-refractivity contribution in [3.05, 3.63) is 54.5 Å². The van der Waals surface area contributed by atoms with E-state index in [4.69, 9.17) is 10.7 Å². The molecular formula is C27H32N6O2. The molecule has 6 rings (SSSR count). The number of aryl methyl sites for hydroxylation is 1. The molecule has 4 aromatic rings. The molecule has 3 aromatic heterocycles. The SMILES string of the molecule is C[C@H]1C(CCc2ccc3ccc(NC4CCC4)nc3c2)[C@@H](O)[C@@H](O)C1n1ccc2c(N)ncnc21. The minimum Gasteiger partial charge on any atom is -0.390 e. The third kappa shape index (κ3) is 3.90. The minimum absolute atomic E-state index is 0.0399. The molecule has 3 heterocycles. The van der Waals surface area contributed by atoms with E-state index in [2.05, 4.69) is 52.5 Å². The molecule has 0 aliphatic heterocycles. The number of rotatable bonds is 6. The first-order valence-corrected chi connectivity index (χ1v) is 12.6. The van der Waals surface area contributed by atoms with Gasteiger partial charge in [-0.2, -0.15) is 0 Å². The lowest BCUT2D eigenvalue weighted by molar-refractivity contribution is 0.00538. The van der Waals surface area contributed by atoms with Gasteiger partial charge in [-0.15, -0.1) is 0 Å². The quantitative estimate of drug-likeness (QED) is 0.338. The molecule has 1 aromatic carbocycles. The van der Waals surface area contributed by atoms with Crippen molar-refractivity contribution in [3.8, 4) is 0 Å². The van der Waals surface area contributed by atoms with E-state index < -0.39 is 12.2 Å². The summed E-state index contributed by atoms with van der Waals surface area (Å²) in [5.41, 5.74) is 8.87. The van der Waals surface area contributed by atoms with Crippen LogP contribution in [0, 0.1) is 11.8 Å². The van der Waals surface area contributed by atoms with Gasteiger partial charge in [0.05, 0.1) is 23.0 Å². The summed E-state index contributed by atoms with van der Waals surface area (Å²) in [5, 5.41) is 27.4. The number of aliphatic hydroxyl groups is 2. The van der Waals surface area contributed by atoms with Gasteiger partial charge in [-0.1, -0.05) is 19.1 Å². The Morgan fingerprint density at radius 2 is 1.91 bits per heavy atom. The lowest BCUT2D eigenvalue weighted by atomic mass is 9.88. The summed E-state index contributed by atoms with van der Waals surface area (Å²) in [5.74, 6) is 1.38. The van der Waals surface area contributed by atoms with Gasteiger partial charge in [-0.3, -0.25) is 0 Å². The van der Waals surface area contributed by atoms with Gasteiger partial charge in [0, 0.05) is 17.6 Å². The minimum atomic E-state index is -0.875. The summed E-state index contributed by atoms with van der Waals surface area (Å²) in [6, 6.07) is 12.7. The highest BCUT2D eigenvalue weighted by molar-refractivity contribution is 5.86. The van der Waals surface area contributed by atoms with Crippen molar-refractivity contribution < 1.29 is 10.2 Å². The van der Waals surface area contributed by atoms with E-state index >= 15 is 0 Å². The van der Waals surface area contributed by atoms with Crippen LogP contribution in [0.1, 0.15) is 44.2 Å². The van der Waals surface area contributed by atoms with Crippen molar-refractivity contribution in [1.82, 2.24) is 19.5 Å². The van der Waals surface area contributed by atoms with Crippen LogP contribution in [-0.2, 0) is 6.42 Å². The van der Waals surface area contributed by atoms with Crippen LogP contribution in [0.2, 0.25) is 0 Å². The third-order valence-corrected chi connectivity index (χ3v) is 8.19. The van der Waals surface area contributed by atoms with Crippen LogP contribution < -0.4 is 11.1 Å². The number of nitrogens with one attached hydrogen (secondary N) is 1. The van der Waals surface area contributed by atoms with Crippen molar-refractivity contribution >= 4 is 33.6 Å². The Morgan fingerprint density at radius 1 is 1.09 bits per heavy atom. The maximum Gasteiger partial charge on any atom is 0.145 e. The maximum atomic E-state index is 11.0. The molecule has 0 spiro atoms. The monoisotopic (exact) mass is 472 g/mol. The molecule has 35 heavy (non-hydrogen) atoms. The van der Waals surface area contributed by atoms with Gasteiger partial charge in [0.25, 0.3) is 0 Å². The third-order valence-electron chi connectivity index (χ3n) is 8.19. The van der Waals surface area contributed by atoms with Gasteiger partial charge >= 0.3 is 0 Å². The number of nitrogens with two attached hydrogens (primary N) is 1. The number of hydrogen-bond donors (Lipinski definition) is 4. The molecule has 2 unspecified atom stereocenters. The van der Waals surface area contributed by atoms with Gasteiger partial charge in [0.15, 0.2) is 0 Å². The number of aromatic nitrogens is 4. The van der Waals surface area contributed by atoms with Gasteiger partial charge in [-0.25, -0.2) is 15.0 Å². The number of nitrogens with zero attached hydrogens (tertiary/aromatic N) is 4. The highest BCUT2D eigenvalue weighted by atomic mass is 16.3. The highest BCUT2D eigenvalue weighted by Crippen LogP contribution is 2.44. The van der Waals surface area contributed by atoms with Crippen molar-refractivity contribution in [2.45, 2.75) is 63.3 Å². The van der Waals surface area contributed by atoms with Gasteiger partial charge in [0.1, 0.15) is 29.7 Å². The maximum absolute atomic E-state index is 11.0. The first-order chi connectivity index (χ1) is 17.0. The number of pyridine rings is 1. The predicted octanol–water partition coefficient (Wildman–Crippen LogP) is 3.69. The number of benzene rings is 1. The molecule has 0 radical (unpaired) electrons. The summed E-state index contributed by atoms with van der Waals surface area (Å²) in [7, 11) is 0. The number of anilines is 2. The molecule has 2 aliphatic rings. The van der Waals surface area contributed by atoms with Crippen molar-refractivity contribution in [1.29, 1.82) is 0 Å². The zero-order chi connectivity index (χ0) is 24.1. The van der Waals surface area contributed by atoms with Crippen LogP contribution in [-0.4, -0.2) is 48.0 Å². The Labute approximate surface area is 204 Å². The Bertz CT molecular complexity index is 1370. The van der Waals surface area contributed by atoms with E-state index in [-0.39, 0.29) is 17.9 Å². The molecule has 2 saturated carbocycles. The van der Waals surface area contributed by atoms with E-state index in [0.29, 0.717) is 17.5 Å². The second-order valence-corrected chi connectivity index (χ2v) is 10.2.